The molecular weight excluding hydrogens is 275 g/mol. The first-order valence-electron chi connectivity index (χ1n) is 6.97. The van der Waals surface area contributed by atoms with E-state index in [9.17, 15) is 9.18 Å². The Balaban J connectivity index is 1.53. The number of hydrogen-bond donors (Lipinski definition) is 2. The van der Waals surface area contributed by atoms with E-state index in [0.717, 1.165) is 11.3 Å². The monoisotopic (exact) mass is 292 g/mol. The number of aromatic nitrogens is 2. The van der Waals surface area contributed by atoms with Crippen molar-refractivity contribution in [3.05, 3.63) is 29.8 Å². The van der Waals surface area contributed by atoms with Gasteiger partial charge in [-0.15, -0.1) is 0 Å². The molecule has 1 aliphatic rings. The largest absolute Gasteiger partial charge is 0.378 e. The number of urea groups is 1. The number of morpholine rings is 1. The zero-order chi connectivity index (χ0) is 14.7. The minimum Gasteiger partial charge on any atom is -0.378 e. The SMILES string of the molecule is O=C(NCCc1nc2ccc(F)cc2[nH]1)N1CCOCC1. The first kappa shape index (κ1) is 13.8. The Bertz CT molecular complexity index is 637. The number of amides is 2. The molecule has 1 aromatic carbocycles. The van der Waals surface area contributed by atoms with Crippen LogP contribution < -0.4 is 5.32 Å². The minimum atomic E-state index is -0.293. The van der Waals surface area contributed by atoms with Crippen LogP contribution in [-0.2, 0) is 11.2 Å². The molecule has 1 fully saturated rings. The molecule has 0 saturated carbocycles. The third-order valence-electron chi connectivity index (χ3n) is 3.43. The summed E-state index contributed by atoms with van der Waals surface area (Å²) in [5.74, 6) is 0.441. The molecule has 2 aromatic rings. The second-order valence-electron chi connectivity index (χ2n) is 4.93. The van der Waals surface area contributed by atoms with E-state index in [-0.39, 0.29) is 11.8 Å². The lowest BCUT2D eigenvalue weighted by Gasteiger charge is -2.26. The number of nitrogens with zero attached hydrogens (tertiary/aromatic N) is 2. The number of halogens is 1. The first-order valence-corrected chi connectivity index (χ1v) is 6.97. The maximum atomic E-state index is 13.1. The summed E-state index contributed by atoms with van der Waals surface area (Å²) in [4.78, 5) is 21.0. The summed E-state index contributed by atoms with van der Waals surface area (Å²) in [6, 6.07) is 4.35. The molecule has 0 aliphatic carbocycles. The molecule has 21 heavy (non-hydrogen) atoms. The lowest BCUT2D eigenvalue weighted by atomic mass is 10.3. The van der Waals surface area contributed by atoms with Gasteiger partial charge in [0.05, 0.1) is 24.2 Å². The molecule has 0 radical (unpaired) electrons. The van der Waals surface area contributed by atoms with Gasteiger partial charge in [-0.1, -0.05) is 0 Å². The molecule has 1 aromatic heterocycles. The predicted octanol–water partition coefficient (Wildman–Crippen LogP) is 1.29. The molecule has 3 rings (SSSR count). The van der Waals surface area contributed by atoms with Crippen LogP contribution in [-0.4, -0.2) is 53.7 Å². The van der Waals surface area contributed by atoms with Crippen molar-refractivity contribution >= 4 is 17.1 Å². The summed E-state index contributed by atoms with van der Waals surface area (Å²) < 4.78 is 18.3. The number of benzene rings is 1. The number of fused-ring (bicyclic) bond motifs is 1. The van der Waals surface area contributed by atoms with Gasteiger partial charge in [-0.05, 0) is 18.2 Å². The van der Waals surface area contributed by atoms with Gasteiger partial charge in [0.25, 0.3) is 0 Å². The number of ether oxygens (including phenoxy) is 1. The van der Waals surface area contributed by atoms with Gasteiger partial charge >= 0.3 is 6.03 Å². The van der Waals surface area contributed by atoms with Crippen molar-refractivity contribution in [1.82, 2.24) is 20.2 Å². The van der Waals surface area contributed by atoms with E-state index in [1.165, 1.54) is 12.1 Å². The van der Waals surface area contributed by atoms with Crippen LogP contribution in [0, 0.1) is 5.82 Å². The Morgan fingerprint density at radius 3 is 3.05 bits per heavy atom. The quantitative estimate of drug-likeness (QED) is 0.895. The van der Waals surface area contributed by atoms with Crippen LogP contribution in [0.4, 0.5) is 9.18 Å². The highest BCUT2D eigenvalue weighted by Gasteiger charge is 2.16. The number of aromatic amines is 1. The first-order chi connectivity index (χ1) is 10.2. The van der Waals surface area contributed by atoms with Gasteiger partial charge in [0.2, 0.25) is 0 Å². The summed E-state index contributed by atoms with van der Waals surface area (Å²) in [6.45, 7) is 2.90. The number of nitrogens with one attached hydrogen (secondary N) is 2. The third kappa shape index (κ3) is 3.30. The topological polar surface area (TPSA) is 70.2 Å². The molecule has 0 unspecified atom stereocenters. The zero-order valence-corrected chi connectivity index (χ0v) is 11.6. The van der Waals surface area contributed by atoms with E-state index in [2.05, 4.69) is 15.3 Å². The van der Waals surface area contributed by atoms with E-state index in [4.69, 9.17) is 4.74 Å². The lowest BCUT2D eigenvalue weighted by molar-refractivity contribution is 0.0533. The van der Waals surface area contributed by atoms with Crippen molar-refractivity contribution in [2.24, 2.45) is 0 Å². The number of rotatable bonds is 3. The molecule has 112 valence electrons. The van der Waals surface area contributed by atoms with Gasteiger partial charge in [0, 0.05) is 26.1 Å². The van der Waals surface area contributed by atoms with Gasteiger partial charge in [0.15, 0.2) is 0 Å². The smallest absolute Gasteiger partial charge is 0.317 e. The maximum absolute atomic E-state index is 13.1. The van der Waals surface area contributed by atoms with Crippen molar-refractivity contribution < 1.29 is 13.9 Å². The van der Waals surface area contributed by atoms with Crippen LogP contribution in [0.2, 0.25) is 0 Å². The number of hydrogen-bond acceptors (Lipinski definition) is 3. The second kappa shape index (κ2) is 6.09. The van der Waals surface area contributed by atoms with Gasteiger partial charge in [-0.25, -0.2) is 14.2 Å². The number of carbonyl (C=O) groups is 1. The van der Waals surface area contributed by atoms with Crippen molar-refractivity contribution in [1.29, 1.82) is 0 Å². The van der Waals surface area contributed by atoms with Crippen LogP contribution in [0.5, 0.6) is 0 Å². The van der Waals surface area contributed by atoms with Crippen molar-refractivity contribution in [2.45, 2.75) is 6.42 Å². The van der Waals surface area contributed by atoms with Crippen LogP contribution in [0.25, 0.3) is 11.0 Å². The fraction of sp³-hybridized carbons (Fsp3) is 0.429. The molecule has 2 N–H and O–H groups in total. The molecule has 6 nitrogen and oxygen atoms in total. The third-order valence-corrected chi connectivity index (χ3v) is 3.43. The summed E-state index contributed by atoms with van der Waals surface area (Å²) >= 11 is 0. The number of H-pyrrole nitrogens is 1. The zero-order valence-electron chi connectivity index (χ0n) is 11.6. The fourth-order valence-corrected chi connectivity index (χ4v) is 2.32. The molecule has 0 atom stereocenters. The predicted molar refractivity (Wildman–Crippen MR) is 75.5 cm³/mol. The highest BCUT2D eigenvalue weighted by atomic mass is 19.1. The average Bonchev–Trinajstić information content (AvgIpc) is 2.89. The van der Waals surface area contributed by atoms with Crippen molar-refractivity contribution in [3.63, 3.8) is 0 Å². The van der Waals surface area contributed by atoms with E-state index >= 15 is 0 Å². The van der Waals surface area contributed by atoms with Gasteiger partial charge < -0.3 is 19.9 Å². The molecule has 1 aliphatic heterocycles. The maximum Gasteiger partial charge on any atom is 0.317 e. The van der Waals surface area contributed by atoms with Crippen molar-refractivity contribution in [3.8, 4) is 0 Å². The summed E-state index contributed by atoms with van der Waals surface area (Å²) in [7, 11) is 0. The minimum absolute atomic E-state index is 0.0829. The Morgan fingerprint density at radius 2 is 2.24 bits per heavy atom. The van der Waals surface area contributed by atoms with E-state index in [1.807, 2.05) is 0 Å². The summed E-state index contributed by atoms with van der Waals surface area (Å²) in [6.07, 6.45) is 0.576. The second-order valence-corrected chi connectivity index (χ2v) is 4.93. The number of imidazole rings is 1. The summed E-state index contributed by atoms with van der Waals surface area (Å²) in [5.41, 5.74) is 1.40. The molecule has 0 spiro atoms. The fourth-order valence-electron chi connectivity index (χ4n) is 2.32. The molecule has 7 heteroatoms. The molecule has 1 saturated heterocycles. The standard InChI is InChI=1S/C14H17FN4O2/c15-10-1-2-11-12(9-10)18-13(17-11)3-4-16-14(20)19-5-7-21-8-6-19/h1-2,9H,3-8H2,(H,16,20)(H,17,18). The van der Waals surface area contributed by atoms with Gasteiger partial charge in [-0.3, -0.25) is 0 Å². The highest BCUT2D eigenvalue weighted by Crippen LogP contribution is 2.12. The Labute approximate surface area is 121 Å². The molecule has 2 heterocycles. The normalized spacial score (nSPS) is 15.4. The summed E-state index contributed by atoms with van der Waals surface area (Å²) in [5, 5.41) is 2.85. The lowest BCUT2D eigenvalue weighted by Crippen LogP contribution is -2.46. The molecule has 2 amide bonds. The van der Waals surface area contributed by atoms with Gasteiger partial charge in [0.1, 0.15) is 11.6 Å². The van der Waals surface area contributed by atoms with E-state index in [0.29, 0.717) is 44.8 Å². The molecular formula is C14H17FN4O2. The molecule has 0 bridgehead atoms. The van der Waals surface area contributed by atoms with Gasteiger partial charge in [-0.2, -0.15) is 0 Å². The van der Waals surface area contributed by atoms with Crippen LogP contribution in [0.15, 0.2) is 18.2 Å². The number of carbonyl (C=O) groups excluding carboxylic acids is 1. The van der Waals surface area contributed by atoms with Crippen LogP contribution in [0.1, 0.15) is 5.82 Å². The average molecular weight is 292 g/mol. The van der Waals surface area contributed by atoms with Crippen LogP contribution in [0.3, 0.4) is 0 Å². The van der Waals surface area contributed by atoms with Crippen molar-refractivity contribution in [2.75, 3.05) is 32.8 Å². The van der Waals surface area contributed by atoms with E-state index in [1.54, 1.807) is 11.0 Å². The highest BCUT2D eigenvalue weighted by molar-refractivity contribution is 5.75. The van der Waals surface area contributed by atoms with Crippen LogP contribution >= 0.6 is 0 Å². The van der Waals surface area contributed by atoms with E-state index < -0.39 is 0 Å². The Morgan fingerprint density at radius 1 is 1.43 bits per heavy atom. The Hall–Kier alpha value is -2.15. The Kier molecular flexibility index (Phi) is 4.01.